The van der Waals surface area contributed by atoms with E-state index in [1.165, 1.54) is 12.1 Å². The van der Waals surface area contributed by atoms with Crippen molar-refractivity contribution in [3.63, 3.8) is 0 Å². The van der Waals surface area contributed by atoms with Crippen molar-refractivity contribution in [2.45, 2.75) is 39.9 Å². The van der Waals surface area contributed by atoms with Crippen molar-refractivity contribution >= 4 is 29.9 Å². The fourth-order valence-corrected chi connectivity index (χ4v) is 2.28. The number of oxazole rings is 1. The molecule has 2 N–H and O–H groups in total. The van der Waals surface area contributed by atoms with Gasteiger partial charge in [-0.15, -0.1) is 24.0 Å². The summed E-state index contributed by atoms with van der Waals surface area (Å²) < 4.78 is 43.2. The Morgan fingerprint density at radius 3 is 2.33 bits per heavy atom. The van der Waals surface area contributed by atoms with E-state index in [0.717, 1.165) is 29.2 Å². The van der Waals surface area contributed by atoms with Gasteiger partial charge in [0.25, 0.3) is 0 Å². The maximum absolute atomic E-state index is 12.6. The van der Waals surface area contributed by atoms with Crippen LogP contribution in [0.3, 0.4) is 0 Å². The third kappa shape index (κ3) is 7.39. The average molecular weight is 496 g/mol. The lowest BCUT2D eigenvalue weighted by Gasteiger charge is -2.11. The van der Waals surface area contributed by atoms with Crippen LogP contribution in [0.25, 0.3) is 0 Å². The highest BCUT2D eigenvalue weighted by Crippen LogP contribution is 2.29. The molecule has 2 rings (SSSR count). The van der Waals surface area contributed by atoms with Crippen molar-refractivity contribution in [3.05, 3.63) is 52.7 Å². The highest BCUT2D eigenvalue weighted by atomic mass is 127. The van der Waals surface area contributed by atoms with Gasteiger partial charge in [0.15, 0.2) is 5.96 Å². The first-order chi connectivity index (χ1) is 12.3. The molecule has 0 spiro atoms. The molecule has 1 aromatic carbocycles. The molecular formula is C18H24F3IN4O. The van der Waals surface area contributed by atoms with Crippen molar-refractivity contribution in [1.82, 2.24) is 15.6 Å². The zero-order chi connectivity index (χ0) is 19.2. The normalized spacial score (nSPS) is 11.9. The second kappa shape index (κ2) is 10.5. The molecule has 0 atom stereocenters. The number of guanidine groups is 1. The molecular weight excluding hydrogens is 472 g/mol. The van der Waals surface area contributed by atoms with E-state index < -0.39 is 11.7 Å². The minimum atomic E-state index is -4.31. The van der Waals surface area contributed by atoms with Crippen LogP contribution in [0.15, 0.2) is 33.7 Å². The number of halogens is 4. The molecule has 5 nitrogen and oxygen atoms in total. The zero-order valence-electron chi connectivity index (χ0n) is 15.5. The lowest BCUT2D eigenvalue weighted by Crippen LogP contribution is -2.38. The molecule has 0 aliphatic heterocycles. The van der Waals surface area contributed by atoms with Crippen molar-refractivity contribution < 1.29 is 17.6 Å². The molecule has 0 aliphatic rings. The van der Waals surface area contributed by atoms with Crippen molar-refractivity contribution in [3.8, 4) is 0 Å². The number of nitrogens with one attached hydrogen (secondary N) is 2. The van der Waals surface area contributed by atoms with Gasteiger partial charge in [-0.2, -0.15) is 13.2 Å². The standard InChI is InChI=1S/C18H23F3N4O.HI/c1-4-22-17(24-11-16-25-12(2)13(3)26-16)23-10-9-14-5-7-15(8-6-14)18(19,20)21;/h5-8H,4,9-11H2,1-3H3,(H2,22,23,24);1H. The number of nitrogens with zero attached hydrogens (tertiary/aromatic N) is 2. The van der Waals surface area contributed by atoms with Crippen LogP contribution in [0.4, 0.5) is 13.2 Å². The first-order valence-electron chi connectivity index (χ1n) is 8.40. The monoisotopic (exact) mass is 496 g/mol. The fourth-order valence-electron chi connectivity index (χ4n) is 2.28. The predicted molar refractivity (Wildman–Crippen MR) is 109 cm³/mol. The van der Waals surface area contributed by atoms with Crippen LogP contribution in [0.2, 0.25) is 0 Å². The number of alkyl halides is 3. The first-order valence-corrected chi connectivity index (χ1v) is 8.40. The zero-order valence-corrected chi connectivity index (χ0v) is 17.8. The van der Waals surface area contributed by atoms with E-state index in [4.69, 9.17) is 4.42 Å². The highest BCUT2D eigenvalue weighted by molar-refractivity contribution is 14.0. The third-order valence-corrected chi connectivity index (χ3v) is 3.78. The Balaban J connectivity index is 0.00000364. The van der Waals surface area contributed by atoms with E-state index in [-0.39, 0.29) is 24.0 Å². The molecule has 150 valence electrons. The molecule has 0 saturated heterocycles. The van der Waals surface area contributed by atoms with Gasteiger partial charge in [-0.1, -0.05) is 12.1 Å². The SMILES string of the molecule is CCNC(=NCc1nc(C)c(C)o1)NCCc1ccc(C(F)(F)F)cc1.I. The van der Waals surface area contributed by atoms with Crippen LogP contribution in [0.1, 0.15) is 35.4 Å². The number of rotatable bonds is 6. The molecule has 1 heterocycles. The largest absolute Gasteiger partial charge is 0.444 e. The molecule has 0 radical (unpaired) electrons. The molecule has 9 heteroatoms. The van der Waals surface area contributed by atoms with E-state index in [1.807, 2.05) is 20.8 Å². The molecule has 0 amide bonds. The minimum Gasteiger partial charge on any atom is -0.444 e. The Labute approximate surface area is 173 Å². The Kier molecular flexibility index (Phi) is 9.07. The van der Waals surface area contributed by atoms with Gasteiger partial charge in [-0.3, -0.25) is 0 Å². The van der Waals surface area contributed by atoms with Crippen LogP contribution >= 0.6 is 24.0 Å². The summed E-state index contributed by atoms with van der Waals surface area (Å²) in [6, 6.07) is 5.18. The number of hydrogen-bond acceptors (Lipinski definition) is 3. The van der Waals surface area contributed by atoms with Gasteiger partial charge in [0.05, 0.1) is 11.3 Å². The summed E-state index contributed by atoms with van der Waals surface area (Å²) in [5.74, 6) is 1.92. The predicted octanol–water partition coefficient (Wildman–Crippen LogP) is 4.23. The second-order valence-corrected chi connectivity index (χ2v) is 5.82. The van der Waals surface area contributed by atoms with E-state index in [1.54, 1.807) is 0 Å². The van der Waals surface area contributed by atoms with Crippen molar-refractivity contribution in [1.29, 1.82) is 0 Å². The highest BCUT2D eigenvalue weighted by Gasteiger charge is 2.29. The fraction of sp³-hybridized carbons (Fsp3) is 0.444. The number of aliphatic imine (C=N–C) groups is 1. The lowest BCUT2D eigenvalue weighted by molar-refractivity contribution is -0.137. The Morgan fingerprint density at radius 1 is 1.15 bits per heavy atom. The summed E-state index contributed by atoms with van der Waals surface area (Å²) in [5.41, 5.74) is 1.02. The quantitative estimate of drug-likeness (QED) is 0.357. The molecule has 0 fully saturated rings. The van der Waals surface area contributed by atoms with E-state index in [2.05, 4.69) is 20.6 Å². The number of hydrogen-bond donors (Lipinski definition) is 2. The summed E-state index contributed by atoms with van der Waals surface area (Å²) in [7, 11) is 0. The van der Waals surface area contributed by atoms with Gasteiger partial charge < -0.3 is 15.1 Å². The molecule has 27 heavy (non-hydrogen) atoms. The third-order valence-electron chi connectivity index (χ3n) is 3.78. The van der Waals surface area contributed by atoms with Gasteiger partial charge in [-0.25, -0.2) is 9.98 Å². The van der Waals surface area contributed by atoms with E-state index >= 15 is 0 Å². The van der Waals surface area contributed by atoms with Crippen LogP contribution in [-0.2, 0) is 19.1 Å². The van der Waals surface area contributed by atoms with Gasteiger partial charge in [-0.05, 0) is 44.9 Å². The van der Waals surface area contributed by atoms with Crippen LogP contribution in [0, 0.1) is 13.8 Å². The first kappa shape index (κ1) is 23.3. The summed E-state index contributed by atoms with van der Waals surface area (Å²) >= 11 is 0. The summed E-state index contributed by atoms with van der Waals surface area (Å²) in [4.78, 5) is 8.68. The van der Waals surface area contributed by atoms with Gasteiger partial charge >= 0.3 is 6.18 Å². The van der Waals surface area contributed by atoms with Gasteiger partial charge in [0.1, 0.15) is 12.3 Å². The summed E-state index contributed by atoms with van der Waals surface area (Å²) in [6.07, 6.45) is -3.72. The van der Waals surface area contributed by atoms with E-state index in [9.17, 15) is 13.2 Å². The van der Waals surface area contributed by atoms with Crippen molar-refractivity contribution in [2.24, 2.45) is 4.99 Å². The maximum atomic E-state index is 12.6. The topological polar surface area (TPSA) is 62.5 Å². The molecule has 0 saturated carbocycles. The molecule has 0 unspecified atom stereocenters. The molecule has 2 aromatic rings. The number of aromatic nitrogens is 1. The molecule has 0 bridgehead atoms. The van der Waals surface area contributed by atoms with Crippen molar-refractivity contribution in [2.75, 3.05) is 13.1 Å². The Hall–Kier alpha value is -1.78. The summed E-state index contributed by atoms with van der Waals surface area (Å²) in [6.45, 7) is 7.22. The smallest absolute Gasteiger partial charge is 0.416 e. The maximum Gasteiger partial charge on any atom is 0.416 e. The average Bonchev–Trinajstić information content (AvgIpc) is 2.90. The van der Waals surface area contributed by atoms with Crippen LogP contribution in [0.5, 0.6) is 0 Å². The minimum absolute atomic E-state index is 0. The number of benzene rings is 1. The number of aryl methyl sites for hydroxylation is 2. The van der Waals surface area contributed by atoms with E-state index in [0.29, 0.717) is 37.9 Å². The second-order valence-electron chi connectivity index (χ2n) is 5.82. The summed E-state index contributed by atoms with van der Waals surface area (Å²) in [5, 5.41) is 6.26. The van der Waals surface area contributed by atoms with Crippen LogP contribution < -0.4 is 10.6 Å². The van der Waals surface area contributed by atoms with Gasteiger partial charge in [0, 0.05) is 13.1 Å². The lowest BCUT2D eigenvalue weighted by atomic mass is 10.1. The Bertz CT molecular complexity index is 723. The molecule has 1 aromatic heterocycles. The van der Waals surface area contributed by atoms with Crippen LogP contribution in [-0.4, -0.2) is 24.0 Å². The molecule has 0 aliphatic carbocycles. The Morgan fingerprint density at radius 2 is 1.81 bits per heavy atom. The van der Waals surface area contributed by atoms with Gasteiger partial charge in [0.2, 0.25) is 5.89 Å².